The maximum Gasteiger partial charge on any atom is 0.240 e. The number of benzene rings is 1. The third-order valence-electron chi connectivity index (χ3n) is 6.70. The summed E-state index contributed by atoms with van der Waals surface area (Å²) in [5, 5.41) is 10.1. The Bertz CT molecular complexity index is 920. The van der Waals surface area contributed by atoms with Gasteiger partial charge >= 0.3 is 0 Å². The first-order valence-electron chi connectivity index (χ1n) is 10.6. The van der Waals surface area contributed by atoms with Gasteiger partial charge in [0.15, 0.2) is 20.2 Å². The number of hydrogen-bond donors (Lipinski definition) is 1. The zero-order valence-corrected chi connectivity index (χ0v) is 19.8. The van der Waals surface area contributed by atoms with Gasteiger partial charge in [-0.2, -0.15) is 4.99 Å². The Morgan fingerprint density at radius 1 is 1.29 bits per heavy atom. The summed E-state index contributed by atoms with van der Waals surface area (Å²) in [5.74, 6) is 2.12. The summed E-state index contributed by atoms with van der Waals surface area (Å²) in [6.07, 6.45) is 10.6. The van der Waals surface area contributed by atoms with Crippen LogP contribution < -0.4 is 0 Å². The SMILES string of the molecule is C#C/C=C\[C@H](C)[C@]1([C@@H](C)O[Si](CC)(CC)CC)O[C@]1(C=O)c1cc(O)ccc1N=C=O. The van der Waals surface area contributed by atoms with Crippen molar-refractivity contribution in [3.05, 3.63) is 35.9 Å². The number of aromatic hydroxyl groups is 1. The van der Waals surface area contributed by atoms with Crippen LogP contribution in [0.15, 0.2) is 35.3 Å². The second-order valence-corrected chi connectivity index (χ2v) is 12.7. The Kier molecular flexibility index (Phi) is 7.80. The number of carbonyl (C=O) groups excluding carboxylic acids is 2. The standard InChI is InChI=1S/C24H31NO5Si/c1-7-11-12-18(5)24(19(6)29-31(8-2,9-3)10-4)23(16-26,30-24)21-15-20(28)13-14-22(21)25-17-27/h1,11-16,18-19,28H,8-10H2,2-6H3/b12-11-/t18-,19+,23+,24+/m0/s1. The molecule has 0 spiro atoms. The van der Waals surface area contributed by atoms with Gasteiger partial charge in [-0.3, -0.25) is 4.79 Å². The molecule has 0 saturated carbocycles. The summed E-state index contributed by atoms with van der Waals surface area (Å²) in [6, 6.07) is 7.08. The zero-order valence-electron chi connectivity index (χ0n) is 18.8. The lowest BCUT2D eigenvalue weighted by Gasteiger charge is -2.36. The first kappa shape index (κ1) is 24.8. The van der Waals surface area contributed by atoms with E-state index in [-0.39, 0.29) is 17.4 Å². The molecule has 166 valence electrons. The Balaban J connectivity index is 2.68. The molecule has 0 aliphatic carbocycles. The van der Waals surface area contributed by atoms with Gasteiger partial charge in [0, 0.05) is 11.5 Å². The molecule has 0 bridgehead atoms. The van der Waals surface area contributed by atoms with Crippen LogP contribution in [0.4, 0.5) is 5.69 Å². The fraction of sp³-hybridized carbons (Fsp3) is 0.500. The molecule has 0 radical (unpaired) electrons. The lowest BCUT2D eigenvalue weighted by Crippen LogP contribution is -2.49. The van der Waals surface area contributed by atoms with Crippen molar-refractivity contribution in [2.45, 2.75) is 70.1 Å². The number of phenols is 1. The van der Waals surface area contributed by atoms with E-state index in [0.29, 0.717) is 11.8 Å². The topological polar surface area (TPSA) is 88.5 Å². The molecule has 1 aromatic rings. The van der Waals surface area contributed by atoms with Crippen LogP contribution in [-0.4, -0.2) is 37.5 Å². The minimum Gasteiger partial charge on any atom is -0.508 e. The fourth-order valence-electron chi connectivity index (χ4n) is 4.65. The number of rotatable bonds is 11. The van der Waals surface area contributed by atoms with Crippen molar-refractivity contribution < 1.29 is 23.9 Å². The van der Waals surface area contributed by atoms with E-state index < -0.39 is 25.6 Å². The molecule has 1 heterocycles. The van der Waals surface area contributed by atoms with Crippen molar-refractivity contribution >= 4 is 26.4 Å². The first-order valence-corrected chi connectivity index (χ1v) is 13.2. The zero-order chi connectivity index (χ0) is 23.3. The van der Waals surface area contributed by atoms with E-state index in [1.807, 2.05) is 19.9 Å². The molecule has 1 aliphatic heterocycles. The molecule has 1 aliphatic rings. The summed E-state index contributed by atoms with van der Waals surface area (Å²) in [5.41, 5.74) is -2.00. The number of ether oxygens (including phenoxy) is 1. The lowest BCUT2D eigenvalue weighted by molar-refractivity contribution is -0.112. The summed E-state index contributed by atoms with van der Waals surface area (Å²) in [6.45, 7) is 10.2. The molecule has 1 N–H and O–H groups in total. The van der Waals surface area contributed by atoms with Crippen LogP contribution in [0.5, 0.6) is 5.75 Å². The number of phenolic OH excluding ortho intramolecular Hbond substituents is 1. The van der Waals surface area contributed by atoms with Gasteiger partial charge in [-0.1, -0.05) is 39.7 Å². The third-order valence-corrected chi connectivity index (χ3v) is 11.4. The van der Waals surface area contributed by atoms with Crippen molar-refractivity contribution in [1.29, 1.82) is 0 Å². The van der Waals surface area contributed by atoms with Gasteiger partial charge in [-0.15, -0.1) is 6.42 Å². The molecule has 1 aromatic carbocycles. The van der Waals surface area contributed by atoms with Crippen LogP contribution in [0.3, 0.4) is 0 Å². The van der Waals surface area contributed by atoms with Gasteiger partial charge in [0.2, 0.25) is 6.08 Å². The Morgan fingerprint density at radius 3 is 2.45 bits per heavy atom. The number of isocyanates is 1. The van der Waals surface area contributed by atoms with Gasteiger partial charge in [-0.05, 0) is 49.3 Å². The molecular formula is C24H31NO5Si. The summed E-state index contributed by atoms with van der Waals surface area (Å²) in [4.78, 5) is 27.3. The highest BCUT2D eigenvalue weighted by Gasteiger charge is 2.77. The monoisotopic (exact) mass is 441 g/mol. The van der Waals surface area contributed by atoms with Crippen molar-refractivity contribution in [1.82, 2.24) is 0 Å². The smallest absolute Gasteiger partial charge is 0.240 e. The highest BCUT2D eigenvalue weighted by molar-refractivity contribution is 6.73. The number of nitrogens with zero attached hydrogens (tertiary/aromatic N) is 1. The average molecular weight is 442 g/mol. The van der Waals surface area contributed by atoms with Crippen LogP contribution >= 0.6 is 0 Å². The largest absolute Gasteiger partial charge is 0.508 e. The van der Waals surface area contributed by atoms with Crippen LogP contribution in [0.2, 0.25) is 18.1 Å². The molecule has 4 atom stereocenters. The average Bonchev–Trinajstić information content (AvgIpc) is 3.49. The minimum atomic E-state index is -2.04. The quantitative estimate of drug-likeness (QED) is 0.134. The van der Waals surface area contributed by atoms with E-state index in [1.54, 1.807) is 6.08 Å². The number of allylic oxidation sites excluding steroid dienone is 1. The van der Waals surface area contributed by atoms with Gasteiger partial charge in [0.25, 0.3) is 0 Å². The predicted octanol–water partition coefficient (Wildman–Crippen LogP) is 4.76. The van der Waals surface area contributed by atoms with Gasteiger partial charge in [0.1, 0.15) is 11.4 Å². The van der Waals surface area contributed by atoms with Gasteiger partial charge < -0.3 is 14.3 Å². The molecular weight excluding hydrogens is 410 g/mol. The summed E-state index contributed by atoms with van der Waals surface area (Å²) in [7, 11) is -2.04. The molecule has 0 unspecified atom stereocenters. The van der Waals surface area contributed by atoms with E-state index in [1.165, 1.54) is 24.3 Å². The summed E-state index contributed by atoms with van der Waals surface area (Å²) < 4.78 is 13.0. The lowest BCUT2D eigenvalue weighted by atomic mass is 9.75. The maximum atomic E-state index is 12.6. The minimum absolute atomic E-state index is 0.0646. The normalized spacial score (nSPS) is 24.8. The number of epoxide rings is 1. The Morgan fingerprint density at radius 2 is 1.94 bits per heavy atom. The number of aliphatic imine (C=N–C) groups is 1. The Hall–Kier alpha value is -2.49. The van der Waals surface area contributed by atoms with Crippen molar-refractivity contribution in [2.24, 2.45) is 10.9 Å². The van der Waals surface area contributed by atoms with Crippen LogP contribution in [0, 0.1) is 18.3 Å². The second kappa shape index (κ2) is 9.76. The van der Waals surface area contributed by atoms with Crippen molar-refractivity contribution in [2.75, 3.05) is 0 Å². The molecule has 6 nitrogen and oxygen atoms in total. The van der Waals surface area contributed by atoms with Crippen molar-refractivity contribution in [3.63, 3.8) is 0 Å². The highest BCUT2D eigenvalue weighted by atomic mass is 28.4. The fourth-order valence-corrected chi connectivity index (χ4v) is 7.57. The second-order valence-electron chi connectivity index (χ2n) is 7.97. The van der Waals surface area contributed by atoms with Gasteiger partial charge in [0.05, 0.1) is 11.8 Å². The van der Waals surface area contributed by atoms with Gasteiger partial charge in [-0.25, -0.2) is 4.79 Å². The number of aldehydes is 1. The maximum absolute atomic E-state index is 12.6. The molecule has 0 aromatic heterocycles. The Labute approximate surface area is 185 Å². The predicted molar refractivity (Wildman–Crippen MR) is 122 cm³/mol. The number of carbonyl (C=O) groups is 1. The molecule has 1 saturated heterocycles. The van der Waals surface area contributed by atoms with Crippen LogP contribution in [-0.2, 0) is 24.4 Å². The number of hydrogen-bond acceptors (Lipinski definition) is 6. The molecule has 1 fully saturated rings. The molecule has 31 heavy (non-hydrogen) atoms. The molecule has 0 amide bonds. The van der Waals surface area contributed by atoms with E-state index in [2.05, 4.69) is 31.7 Å². The first-order chi connectivity index (χ1) is 14.8. The third kappa shape index (κ3) is 4.17. The molecule has 7 heteroatoms. The highest BCUT2D eigenvalue weighted by Crippen LogP contribution is 2.63. The molecule has 2 rings (SSSR count). The van der Waals surface area contributed by atoms with E-state index in [9.17, 15) is 14.7 Å². The van der Waals surface area contributed by atoms with Crippen molar-refractivity contribution in [3.8, 4) is 18.1 Å². The van der Waals surface area contributed by atoms with E-state index >= 15 is 0 Å². The summed E-state index contributed by atoms with van der Waals surface area (Å²) >= 11 is 0. The van der Waals surface area contributed by atoms with Crippen LogP contribution in [0.25, 0.3) is 0 Å². The number of terminal acetylenes is 1. The van der Waals surface area contributed by atoms with Crippen LogP contribution in [0.1, 0.15) is 40.2 Å². The van der Waals surface area contributed by atoms with E-state index in [4.69, 9.17) is 15.6 Å². The van der Waals surface area contributed by atoms with E-state index in [0.717, 1.165) is 18.1 Å².